The van der Waals surface area contributed by atoms with Crippen molar-refractivity contribution in [3.8, 4) is 0 Å². The van der Waals surface area contributed by atoms with Crippen molar-refractivity contribution in [2.24, 2.45) is 5.92 Å². The van der Waals surface area contributed by atoms with Crippen LogP contribution < -0.4 is 10.6 Å². The van der Waals surface area contributed by atoms with E-state index in [-0.39, 0.29) is 37.9 Å². The number of unbranched alkanes of at least 4 members (excludes halogenated alkanes) is 10. The maximum atomic E-state index is 12.5. The Hall–Kier alpha value is -2.98. The third kappa shape index (κ3) is 14.8. The molecule has 274 valence electrons. The van der Waals surface area contributed by atoms with Crippen molar-refractivity contribution in [3.05, 3.63) is 65.2 Å². The number of hydrogen-bond acceptors (Lipinski definition) is 7. The first-order valence-corrected chi connectivity index (χ1v) is 18.9. The van der Waals surface area contributed by atoms with Gasteiger partial charge in [-0.3, -0.25) is 4.79 Å². The SMILES string of the molecule is CCCCCCCCN(CCCCCCCC)C[C@H]1O[C@@H](c2cccc(NC(=O)NCC(=O)OCC)c2)O[C@@H](c2ccc(CO)cc2)[C@H]1C. The summed E-state index contributed by atoms with van der Waals surface area (Å²) in [4.78, 5) is 26.8. The van der Waals surface area contributed by atoms with Crippen LogP contribution in [0.4, 0.5) is 10.5 Å². The molecule has 1 aliphatic heterocycles. The highest BCUT2D eigenvalue weighted by atomic mass is 16.7. The number of nitrogens with zero attached hydrogens (tertiary/aromatic N) is 1. The van der Waals surface area contributed by atoms with Crippen LogP contribution in [-0.4, -0.2) is 60.9 Å². The summed E-state index contributed by atoms with van der Waals surface area (Å²) in [5, 5.41) is 15.0. The van der Waals surface area contributed by atoms with E-state index >= 15 is 0 Å². The van der Waals surface area contributed by atoms with Crippen LogP contribution in [0.15, 0.2) is 48.5 Å². The van der Waals surface area contributed by atoms with Gasteiger partial charge in [0.05, 0.1) is 25.4 Å². The normalized spacial score (nSPS) is 19.1. The van der Waals surface area contributed by atoms with Crippen LogP contribution in [0.3, 0.4) is 0 Å². The van der Waals surface area contributed by atoms with E-state index in [9.17, 15) is 14.7 Å². The fourth-order valence-corrected chi connectivity index (χ4v) is 6.41. The van der Waals surface area contributed by atoms with Gasteiger partial charge in [-0.2, -0.15) is 0 Å². The van der Waals surface area contributed by atoms with E-state index in [4.69, 9.17) is 14.2 Å². The van der Waals surface area contributed by atoms with Crippen molar-refractivity contribution < 1.29 is 28.9 Å². The molecule has 0 unspecified atom stereocenters. The molecule has 9 nitrogen and oxygen atoms in total. The fraction of sp³-hybridized carbons (Fsp3) is 0.650. The van der Waals surface area contributed by atoms with Gasteiger partial charge in [0.15, 0.2) is 6.29 Å². The topological polar surface area (TPSA) is 109 Å². The zero-order chi connectivity index (χ0) is 35.3. The monoisotopic (exact) mass is 681 g/mol. The number of hydrogen-bond donors (Lipinski definition) is 3. The molecule has 3 N–H and O–H groups in total. The lowest BCUT2D eigenvalue weighted by atomic mass is 9.90. The molecule has 0 bridgehead atoms. The molecule has 0 aliphatic carbocycles. The summed E-state index contributed by atoms with van der Waals surface area (Å²) in [6.45, 7) is 11.5. The highest BCUT2D eigenvalue weighted by Gasteiger charge is 2.39. The third-order valence-corrected chi connectivity index (χ3v) is 9.33. The first-order chi connectivity index (χ1) is 23.9. The predicted octanol–water partition coefficient (Wildman–Crippen LogP) is 8.68. The van der Waals surface area contributed by atoms with E-state index in [1.807, 2.05) is 42.5 Å². The molecule has 2 aromatic carbocycles. The summed E-state index contributed by atoms with van der Waals surface area (Å²) >= 11 is 0. The molecular weight excluding hydrogens is 618 g/mol. The number of rotatable bonds is 23. The van der Waals surface area contributed by atoms with Crippen molar-refractivity contribution in [2.45, 2.75) is 130 Å². The Bertz CT molecular complexity index is 1190. The maximum Gasteiger partial charge on any atom is 0.325 e. The molecule has 1 heterocycles. The largest absolute Gasteiger partial charge is 0.465 e. The van der Waals surface area contributed by atoms with E-state index in [2.05, 4.69) is 36.3 Å². The Morgan fingerprint density at radius 1 is 0.816 bits per heavy atom. The molecule has 49 heavy (non-hydrogen) atoms. The van der Waals surface area contributed by atoms with Gasteiger partial charge < -0.3 is 34.9 Å². The summed E-state index contributed by atoms with van der Waals surface area (Å²) < 4.78 is 18.4. The van der Waals surface area contributed by atoms with E-state index in [0.29, 0.717) is 5.69 Å². The molecular formula is C40H63N3O6. The van der Waals surface area contributed by atoms with Gasteiger partial charge in [-0.1, -0.05) is 121 Å². The maximum absolute atomic E-state index is 12.5. The molecule has 1 aliphatic rings. The number of carbonyl (C=O) groups excluding carboxylic acids is 2. The van der Waals surface area contributed by atoms with Gasteiger partial charge in [-0.15, -0.1) is 0 Å². The van der Waals surface area contributed by atoms with Crippen molar-refractivity contribution >= 4 is 17.7 Å². The van der Waals surface area contributed by atoms with Gasteiger partial charge in [-0.25, -0.2) is 4.79 Å². The number of ether oxygens (including phenoxy) is 3. The Morgan fingerprint density at radius 3 is 2.06 bits per heavy atom. The first-order valence-electron chi connectivity index (χ1n) is 18.9. The second-order valence-electron chi connectivity index (χ2n) is 13.4. The Balaban J connectivity index is 1.77. The molecule has 4 atom stereocenters. The zero-order valence-electron chi connectivity index (χ0n) is 30.6. The molecule has 2 aromatic rings. The van der Waals surface area contributed by atoms with Crippen molar-refractivity contribution in [1.29, 1.82) is 0 Å². The molecule has 9 heteroatoms. The number of carbonyl (C=O) groups is 2. The van der Waals surface area contributed by atoms with E-state index < -0.39 is 18.3 Å². The number of amides is 2. The highest BCUT2D eigenvalue weighted by Crippen LogP contribution is 2.42. The minimum absolute atomic E-state index is 0.00523. The molecule has 0 saturated carbocycles. The first kappa shape index (κ1) is 40.4. The average molecular weight is 682 g/mol. The smallest absolute Gasteiger partial charge is 0.325 e. The molecule has 0 aromatic heterocycles. The van der Waals surface area contributed by atoms with Crippen molar-refractivity contribution in [1.82, 2.24) is 10.2 Å². The predicted molar refractivity (Wildman–Crippen MR) is 196 cm³/mol. The Labute approximate surface area is 295 Å². The fourth-order valence-electron chi connectivity index (χ4n) is 6.41. The standard InChI is InChI=1S/C40H63N3O6/c1-5-8-10-12-14-16-25-43(26-17-15-13-11-9-6-2)29-36-31(4)38(33-23-21-32(30-44)22-24-33)49-39(48-36)34-19-18-20-35(27-34)42-40(46)41-28-37(45)47-7-3/h18-24,27,31,36,38-39,44H,5-17,25-26,28-30H2,1-4H3,(H2,41,42,46)/t31-,36+,38+,39+/m0/s1. The van der Waals surface area contributed by atoms with Gasteiger partial charge in [0.1, 0.15) is 6.54 Å². The van der Waals surface area contributed by atoms with Crippen LogP contribution in [0.1, 0.15) is 134 Å². The number of aliphatic hydroxyl groups is 1. The summed E-state index contributed by atoms with van der Waals surface area (Å²) in [7, 11) is 0. The Morgan fingerprint density at radius 2 is 1.45 bits per heavy atom. The number of urea groups is 1. The summed E-state index contributed by atoms with van der Waals surface area (Å²) in [6, 6.07) is 15.0. The van der Waals surface area contributed by atoms with Crippen molar-refractivity contribution in [2.75, 3.05) is 38.1 Å². The molecule has 1 saturated heterocycles. The lowest BCUT2D eigenvalue weighted by molar-refractivity contribution is -0.276. The lowest BCUT2D eigenvalue weighted by Gasteiger charge is -2.43. The van der Waals surface area contributed by atoms with Crippen LogP contribution in [0.25, 0.3) is 0 Å². The second-order valence-corrected chi connectivity index (χ2v) is 13.4. The van der Waals surface area contributed by atoms with E-state index in [0.717, 1.165) is 36.3 Å². The summed E-state index contributed by atoms with van der Waals surface area (Å²) in [5.41, 5.74) is 3.28. The van der Waals surface area contributed by atoms with Crippen LogP contribution in [0, 0.1) is 5.92 Å². The van der Waals surface area contributed by atoms with E-state index in [1.165, 1.54) is 77.0 Å². The summed E-state index contributed by atoms with van der Waals surface area (Å²) in [6.07, 6.45) is 14.3. The Kier molecular flexibility index (Phi) is 19.3. The van der Waals surface area contributed by atoms with Crippen LogP contribution in [0.5, 0.6) is 0 Å². The van der Waals surface area contributed by atoms with Crippen molar-refractivity contribution in [3.63, 3.8) is 0 Å². The van der Waals surface area contributed by atoms with Crippen LogP contribution in [0.2, 0.25) is 0 Å². The molecule has 0 radical (unpaired) electrons. The van der Waals surface area contributed by atoms with Crippen LogP contribution >= 0.6 is 0 Å². The quantitative estimate of drug-likeness (QED) is 0.0796. The van der Waals surface area contributed by atoms with Crippen LogP contribution in [-0.2, 0) is 25.6 Å². The molecule has 3 rings (SSSR count). The molecule has 0 spiro atoms. The number of esters is 1. The number of aliphatic hydroxyl groups excluding tert-OH is 1. The second kappa shape index (κ2) is 23.4. The van der Waals surface area contributed by atoms with E-state index in [1.54, 1.807) is 13.0 Å². The zero-order valence-corrected chi connectivity index (χ0v) is 30.6. The van der Waals surface area contributed by atoms with Gasteiger partial charge in [0.2, 0.25) is 0 Å². The average Bonchev–Trinajstić information content (AvgIpc) is 3.11. The minimum Gasteiger partial charge on any atom is -0.465 e. The minimum atomic E-state index is -0.641. The number of anilines is 1. The molecule has 2 amide bonds. The summed E-state index contributed by atoms with van der Waals surface area (Å²) in [5.74, 6) is -0.404. The van der Waals surface area contributed by atoms with Gasteiger partial charge in [0, 0.05) is 23.7 Å². The molecule has 1 fully saturated rings. The highest BCUT2D eigenvalue weighted by molar-refractivity contribution is 5.91. The van der Waals surface area contributed by atoms with Gasteiger partial charge >= 0.3 is 12.0 Å². The lowest BCUT2D eigenvalue weighted by Crippen LogP contribution is -2.45. The number of nitrogens with one attached hydrogen (secondary N) is 2. The van der Waals surface area contributed by atoms with Gasteiger partial charge in [-0.05, 0) is 56.1 Å². The van der Waals surface area contributed by atoms with Gasteiger partial charge in [0.25, 0.3) is 0 Å². The number of benzene rings is 2. The third-order valence-electron chi connectivity index (χ3n) is 9.33.